The van der Waals surface area contributed by atoms with Gasteiger partial charge in [-0.05, 0) is 48.4 Å². The van der Waals surface area contributed by atoms with E-state index in [2.05, 4.69) is 10.3 Å². The number of nitrogens with one attached hydrogen (secondary N) is 1. The first-order valence-electron chi connectivity index (χ1n) is 8.86. The molecule has 2 amide bonds. The third-order valence-corrected chi connectivity index (χ3v) is 4.55. The average molecular weight is 394 g/mol. The van der Waals surface area contributed by atoms with Crippen molar-refractivity contribution in [2.24, 2.45) is 0 Å². The highest BCUT2D eigenvalue weighted by molar-refractivity contribution is 6.30. The van der Waals surface area contributed by atoms with Crippen molar-refractivity contribution in [1.82, 2.24) is 10.3 Å². The van der Waals surface area contributed by atoms with Crippen molar-refractivity contribution in [3.05, 3.63) is 94.8 Å². The first-order chi connectivity index (χ1) is 13.5. The van der Waals surface area contributed by atoms with Crippen molar-refractivity contribution in [3.8, 4) is 0 Å². The van der Waals surface area contributed by atoms with Gasteiger partial charge in [0.2, 0.25) is 0 Å². The first-order valence-corrected chi connectivity index (χ1v) is 9.24. The maximum absolute atomic E-state index is 12.7. The fourth-order valence-electron chi connectivity index (χ4n) is 2.70. The van der Waals surface area contributed by atoms with E-state index in [0.29, 0.717) is 23.6 Å². The minimum atomic E-state index is -0.276. The summed E-state index contributed by atoms with van der Waals surface area (Å²) in [4.78, 5) is 30.7. The molecule has 0 saturated heterocycles. The SMILES string of the molecule is CN(C(=O)c1cc(C(=O)NCCc2ccc(Cl)cc2)ccn1)c1ccccc1. The Balaban J connectivity index is 1.62. The van der Waals surface area contributed by atoms with E-state index in [1.165, 1.54) is 17.2 Å². The maximum Gasteiger partial charge on any atom is 0.276 e. The number of halogens is 1. The van der Waals surface area contributed by atoms with Gasteiger partial charge in [0.1, 0.15) is 5.69 Å². The number of pyridine rings is 1. The van der Waals surface area contributed by atoms with Crippen molar-refractivity contribution in [1.29, 1.82) is 0 Å². The Morgan fingerprint density at radius 3 is 2.46 bits per heavy atom. The fourth-order valence-corrected chi connectivity index (χ4v) is 2.83. The van der Waals surface area contributed by atoms with Crippen molar-refractivity contribution in [2.75, 3.05) is 18.5 Å². The second kappa shape index (κ2) is 9.15. The molecule has 0 aliphatic heterocycles. The second-order valence-electron chi connectivity index (χ2n) is 6.26. The Labute approximate surface area is 169 Å². The molecule has 3 rings (SSSR count). The molecule has 0 aliphatic rings. The zero-order valence-corrected chi connectivity index (χ0v) is 16.2. The molecule has 5 nitrogen and oxygen atoms in total. The van der Waals surface area contributed by atoms with E-state index in [4.69, 9.17) is 11.6 Å². The summed E-state index contributed by atoms with van der Waals surface area (Å²) in [6.07, 6.45) is 2.16. The number of hydrogen-bond donors (Lipinski definition) is 1. The topological polar surface area (TPSA) is 62.3 Å². The predicted octanol–water partition coefficient (Wildman–Crippen LogP) is 3.98. The molecule has 28 heavy (non-hydrogen) atoms. The van der Waals surface area contributed by atoms with Crippen LogP contribution in [0.5, 0.6) is 0 Å². The standard InChI is InChI=1S/C22H20ClN3O2/c1-26(19-5-3-2-4-6-19)22(28)20-15-17(12-14-24-20)21(27)25-13-11-16-7-9-18(23)10-8-16/h2-10,12,14-15H,11,13H2,1H3,(H,25,27). The lowest BCUT2D eigenvalue weighted by molar-refractivity contribution is 0.0954. The van der Waals surface area contributed by atoms with Crippen molar-refractivity contribution in [3.63, 3.8) is 0 Å². The van der Waals surface area contributed by atoms with Gasteiger partial charge in [-0.3, -0.25) is 14.6 Å². The van der Waals surface area contributed by atoms with Crippen molar-refractivity contribution in [2.45, 2.75) is 6.42 Å². The minimum absolute atomic E-state index is 0.219. The van der Waals surface area contributed by atoms with E-state index in [-0.39, 0.29) is 17.5 Å². The quantitative estimate of drug-likeness (QED) is 0.688. The lowest BCUT2D eigenvalue weighted by Crippen LogP contribution is -2.29. The fraction of sp³-hybridized carbons (Fsp3) is 0.136. The molecule has 0 spiro atoms. The molecule has 1 aromatic heterocycles. The van der Waals surface area contributed by atoms with Crippen LogP contribution in [0.25, 0.3) is 0 Å². The lowest BCUT2D eigenvalue weighted by Gasteiger charge is -2.17. The predicted molar refractivity (Wildman–Crippen MR) is 111 cm³/mol. The molecule has 0 aliphatic carbocycles. The van der Waals surface area contributed by atoms with Gasteiger partial charge in [0.15, 0.2) is 0 Å². The van der Waals surface area contributed by atoms with Crippen molar-refractivity contribution >= 4 is 29.1 Å². The summed E-state index contributed by atoms with van der Waals surface area (Å²) in [6.45, 7) is 0.482. The normalized spacial score (nSPS) is 10.4. The molecule has 142 valence electrons. The molecule has 3 aromatic rings. The molecular formula is C22H20ClN3O2. The van der Waals surface area contributed by atoms with Gasteiger partial charge in [-0.15, -0.1) is 0 Å². The van der Waals surface area contributed by atoms with Crippen LogP contribution in [0.1, 0.15) is 26.4 Å². The molecule has 0 unspecified atom stereocenters. The van der Waals surface area contributed by atoms with Gasteiger partial charge in [-0.1, -0.05) is 41.9 Å². The molecule has 6 heteroatoms. The molecular weight excluding hydrogens is 374 g/mol. The number of nitrogens with zero attached hydrogens (tertiary/aromatic N) is 2. The highest BCUT2D eigenvalue weighted by Gasteiger charge is 2.16. The van der Waals surface area contributed by atoms with Crippen LogP contribution in [-0.4, -0.2) is 30.4 Å². The number of hydrogen-bond acceptors (Lipinski definition) is 3. The molecule has 1 heterocycles. The van der Waals surface area contributed by atoms with E-state index in [9.17, 15) is 9.59 Å². The van der Waals surface area contributed by atoms with E-state index in [1.54, 1.807) is 13.1 Å². The lowest BCUT2D eigenvalue weighted by atomic mass is 10.1. The van der Waals surface area contributed by atoms with E-state index >= 15 is 0 Å². The number of aromatic nitrogens is 1. The van der Waals surface area contributed by atoms with E-state index < -0.39 is 0 Å². The van der Waals surface area contributed by atoms with Gasteiger partial charge in [0.25, 0.3) is 11.8 Å². The number of para-hydroxylation sites is 1. The first kappa shape index (κ1) is 19.6. The largest absolute Gasteiger partial charge is 0.352 e. The van der Waals surface area contributed by atoms with Crippen molar-refractivity contribution < 1.29 is 9.59 Å². The van der Waals surface area contributed by atoms with Crippen LogP contribution in [0.2, 0.25) is 5.02 Å². The van der Waals surface area contributed by atoms with Crippen LogP contribution < -0.4 is 10.2 Å². The summed E-state index contributed by atoms with van der Waals surface area (Å²) in [6, 6.07) is 19.9. The Bertz CT molecular complexity index is 959. The van der Waals surface area contributed by atoms with Crippen LogP contribution in [-0.2, 0) is 6.42 Å². The number of amides is 2. The molecule has 0 bridgehead atoms. The second-order valence-corrected chi connectivity index (χ2v) is 6.70. The summed E-state index contributed by atoms with van der Waals surface area (Å²) in [5, 5.41) is 3.55. The number of benzene rings is 2. The summed E-state index contributed by atoms with van der Waals surface area (Å²) in [5.41, 5.74) is 2.46. The van der Waals surface area contributed by atoms with Gasteiger partial charge in [-0.25, -0.2) is 0 Å². The molecule has 0 radical (unpaired) electrons. The van der Waals surface area contributed by atoms with Crippen LogP contribution in [0, 0.1) is 0 Å². The zero-order chi connectivity index (χ0) is 19.9. The minimum Gasteiger partial charge on any atom is -0.352 e. The highest BCUT2D eigenvalue weighted by atomic mass is 35.5. The van der Waals surface area contributed by atoms with Gasteiger partial charge in [0, 0.05) is 36.1 Å². The molecule has 0 saturated carbocycles. The number of rotatable bonds is 6. The summed E-state index contributed by atoms with van der Waals surface area (Å²) < 4.78 is 0. The summed E-state index contributed by atoms with van der Waals surface area (Å²) in [7, 11) is 1.68. The van der Waals surface area contributed by atoms with Gasteiger partial charge < -0.3 is 10.2 Å². The Kier molecular flexibility index (Phi) is 6.40. The summed E-state index contributed by atoms with van der Waals surface area (Å²) in [5.74, 6) is -0.519. The van der Waals surface area contributed by atoms with Gasteiger partial charge >= 0.3 is 0 Å². The van der Waals surface area contributed by atoms with Crippen LogP contribution >= 0.6 is 11.6 Å². The third kappa shape index (κ3) is 4.96. The maximum atomic E-state index is 12.7. The molecule has 1 N–H and O–H groups in total. The van der Waals surface area contributed by atoms with E-state index in [0.717, 1.165) is 11.3 Å². The zero-order valence-electron chi connectivity index (χ0n) is 15.4. The average Bonchev–Trinajstić information content (AvgIpc) is 2.74. The van der Waals surface area contributed by atoms with E-state index in [1.807, 2.05) is 54.6 Å². The summed E-state index contributed by atoms with van der Waals surface area (Å²) >= 11 is 5.87. The van der Waals surface area contributed by atoms with Gasteiger partial charge in [0.05, 0.1) is 0 Å². The molecule has 0 fully saturated rings. The van der Waals surface area contributed by atoms with Crippen LogP contribution in [0.15, 0.2) is 72.9 Å². The smallest absolute Gasteiger partial charge is 0.276 e. The van der Waals surface area contributed by atoms with Gasteiger partial charge in [-0.2, -0.15) is 0 Å². The number of carbonyl (C=O) groups is 2. The molecule has 2 aromatic carbocycles. The Morgan fingerprint density at radius 1 is 1.04 bits per heavy atom. The Hall–Kier alpha value is -3.18. The monoisotopic (exact) mass is 393 g/mol. The molecule has 0 atom stereocenters. The highest BCUT2D eigenvalue weighted by Crippen LogP contribution is 2.14. The Morgan fingerprint density at radius 2 is 1.75 bits per heavy atom. The van der Waals surface area contributed by atoms with Crippen LogP contribution in [0.4, 0.5) is 5.69 Å². The number of carbonyl (C=O) groups excluding carboxylic acids is 2. The van der Waals surface area contributed by atoms with Crippen LogP contribution in [0.3, 0.4) is 0 Å². The third-order valence-electron chi connectivity index (χ3n) is 4.30. The number of anilines is 1.